The van der Waals surface area contributed by atoms with E-state index in [2.05, 4.69) is 15.6 Å². The second-order valence-corrected chi connectivity index (χ2v) is 5.90. The van der Waals surface area contributed by atoms with Crippen LogP contribution in [0.4, 0.5) is 13.2 Å². The Morgan fingerprint density at radius 3 is 2.32 bits per heavy atom. The van der Waals surface area contributed by atoms with Crippen LogP contribution in [0, 0.1) is 0 Å². The van der Waals surface area contributed by atoms with Crippen LogP contribution in [0.3, 0.4) is 0 Å². The highest BCUT2D eigenvalue weighted by molar-refractivity contribution is 5.89. The number of H-pyrrole nitrogens is 1. The Kier molecular flexibility index (Phi) is 7.99. The maximum atomic E-state index is 12.0. The van der Waals surface area contributed by atoms with Crippen molar-refractivity contribution < 1.29 is 32.7 Å². The van der Waals surface area contributed by atoms with Crippen LogP contribution in [-0.4, -0.2) is 46.1 Å². The molecule has 0 aliphatic heterocycles. The van der Waals surface area contributed by atoms with Crippen molar-refractivity contribution in [1.29, 1.82) is 0 Å². The molecule has 2 aromatic rings. The topological polar surface area (TPSA) is 137 Å². The highest BCUT2D eigenvalue weighted by atomic mass is 19.4. The number of carboxylic acid groups (broad SMARTS) is 1. The summed E-state index contributed by atoms with van der Waals surface area (Å²) in [5.41, 5.74) is 7.50. The van der Waals surface area contributed by atoms with E-state index in [0.717, 1.165) is 16.5 Å². The molecule has 154 valence electrons. The van der Waals surface area contributed by atoms with Crippen molar-refractivity contribution in [2.75, 3.05) is 0 Å². The molecule has 11 heteroatoms. The molecular weight excluding hydrogens is 381 g/mol. The first-order valence-corrected chi connectivity index (χ1v) is 8.12. The van der Waals surface area contributed by atoms with E-state index in [4.69, 9.17) is 15.6 Å². The number of carbonyl (C=O) groups is 3. The highest BCUT2D eigenvalue weighted by Crippen LogP contribution is 2.17. The lowest BCUT2D eigenvalue weighted by atomic mass is 10.1. The Hall–Kier alpha value is -3.08. The first-order chi connectivity index (χ1) is 12.9. The summed E-state index contributed by atoms with van der Waals surface area (Å²) in [6.45, 7) is 3.62. The lowest BCUT2D eigenvalue weighted by Crippen LogP contribution is -2.49. The minimum atomic E-state index is -5.08. The van der Waals surface area contributed by atoms with E-state index in [1.54, 1.807) is 13.8 Å². The standard InChI is InChI=1S/C15H20N4O2.C2HF3O2/c1-9(16)14(20)19-10(2)15(21)18-8-11-4-3-5-13-12(11)6-7-17-13;3-2(4,5)1(6)7/h3-7,9-10,17H,8,16H2,1-2H3,(H,18,21)(H,19,20);(H,6,7). The maximum Gasteiger partial charge on any atom is 0.490 e. The van der Waals surface area contributed by atoms with Gasteiger partial charge in [0.25, 0.3) is 0 Å². The average Bonchev–Trinajstić information content (AvgIpc) is 3.08. The SMILES string of the molecule is CC(N)C(=O)NC(C)C(=O)NCc1cccc2[nH]ccc12.O=C(O)C(F)(F)F. The normalized spacial score (nSPS) is 13.1. The number of hydrogen-bond donors (Lipinski definition) is 5. The van der Waals surface area contributed by atoms with Crippen molar-refractivity contribution in [1.82, 2.24) is 15.6 Å². The van der Waals surface area contributed by atoms with Crippen LogP contribution in [0.1, 0.15) is 19.4 Å². The average molecular weight is 402 g/mol. The summed E-state index contributed by atoms with van der Waals surface area (Å²) in [5, 5.41) is 13.6. The molecule has 1 heterocycles. The number of fused-ring (bicyclic) bond motifs is 1. The number of hydrogen-bond acceptors (Lipinski definition) is 4. The number of carboxylic acids is 1. The summed E-state index contributed by atoms with van der Waals surface area (Å²) in [5.74, 6) is -3.34. The molecular formula is C17H21F3N4O4. The van der Waals surface area contributed by atoms with Crippen molar-refractivity contribution in [3.8, 4) is 0 Å². The van der Waals surface area contributed by atoms with Gasteiger partial charge in [-0.3, -0.25) is 9.59 Å². The predicted octanol–water partition coefficient (Wildman–Crippen LogP) is 1.27. The number of carbonyl (C=O) groups excluding carboxylic acids is 2. The van der Waals surface area contributed by atoms with E-state index in [0.29, 0.717) is 6.54 Å². The number of aromatic amines is 1. The van der Waals surface area contributed by atoms with Crippen molar-refractivity contribution in [2.24, 2.45) is 5.73 Å². The fraction of sp³-hybridized carbons (Fsp3) is 0.353. The summed E-state index contributed by atoms with van der Waals surface area (Å²) in [6.07, 6.45) is -3.22. The molecule has 2 amide bonds. The molecule has 2 atom stereocenters. The van der Waals surface area contributed by atoms with Gasteiger partial charge < -0.3 is 26.5 Å². The lowest BCUT2D eigenvalue weighted by molar-refractivity contribution is -0.192. The minimum absolute atomic E-state index is 0.239. The molecule has 6 N–H and O–H groups in total. The van der Waals surface area contributed by atoms with Crippen LogP contribution in [-0.2, 0) is 20.9 Å². The molecule has 0 radical (unpaired) electrons. The van der Waals surface area contributed by atoms with Gasteiger partial charge in [-0.25, -0.2) is 4.79 Å². The van der Waals surface area contributed by atoms with Gasteiger partial charge in [0.05, 0.1) is 6.04 Å². The molecule has 28 heavy (non-hydrogen) atoms. The second kappa shape index (κ2) is 9.74. The monoisotopic (exact) mass is 402 g/mol. The molecule has 8 nitrogen and oxygen atoms in total. The zero-order valence-electron chi connectivity index (χ0n) is 15.1. The largest absolute Gasteiger partial charge is 0.490 e. The number of nitrogens with one attached hydrogen (secondary N) is 3. The van der Waals surface area contributed by atoms with Gasteiger partial charge in [-0.15, -0.1) is 0 Å². The molecule has 0 fully saturated rings. The Balaban J connectivity index is 0.000000480. The lowest BCUT2D eigenvalue weighted by Gasteiger charge is -2.15. The molecule has 0 aliphatic carbocycles. The number of alkyl halides is 3. The third-order valence-electron chi connectivity index (χ3n) is 3.55. The van der Waals surface area contributed by atoms with Gasteiger partial charge in [0.2, 0.25) is 11.8 Å². The number of nitrogens with two attached hydrogens (primary N) is 1. The van der Waals surface area contributed by atoms with Gasteiger partial charge in [-0.2, -0.15) is 13.2 Å². The predicted molar refractivity (Wildman–Crippen MR) is 95.1 cm³/mol. The number of amides is 2. The van der Waals surface area contributed by atoms with E-state index < -0.39 is 24.2 Å². The quantitative estimate of drug-likeness (QED) is 0.513. The Bertz CT molecular complexity index is 833. The molecule has 0 aliphatic rings. The Labute approximate surface area is 158 Å². The zero-order valence-corrected chi connectivity index (χ0v) is 15.1. The molecule has 0 spiro atoms. The van der Waals surface area contributed by atoms with E-state index in [1.807, 2.05) is 30.5 Å². The van der Waals surface area contributed by atoms with Crippen molar-refractivity contribution in [3.63, 3.8) is 0 Å². The summed E-state index contributed by atoms with van der Waals surface area (Å²) >= 11 is 0. The fourth-order valence-electron chi connectivity index (χ4n) is 2.05. The first-order valence-electron chi connectivity index (χ1n) is 8.12. The third-order valence-corrected chi connectivity index (χ3v) is 3.55. The van der Waals surface area contributed by atoms with Gasteiger partial charge in [0, 0.05) is 23.6 Å². The molecule has 0 bridgehead atoms. The maximum absolute atomic E-state index is 12.0. The summed E-state index contributed by atoms with van der Waals surface area (Å²) in [6, 6.07) is 6.59. The molecule has 1 aromatic carbocycles. The van der Waals surface area contributed by atoms with Crippen LogP contribution in [0.25, 0.3) is 10.9 Å². The second-order valence-electron chi connectivity index (χ2n) is 5.90. The van der Waals surface area contributed by atoms with Crippen molar-refractivity contribution >= 4 is 28.7 Å². The van der Waals surface area contributed by atoms with Crippen LogP contribution in [0.2, 0.25) is 0 Å². The molecule has 1 aromatic heterocycles. The number of rotatable bonds is 5. The van der Waals surface area contributed by atoms with E-state index >= 15 is 0 Å². The smallest absolute Gasteiger partial charge is 0.475 e. The van der Waals surface area contributed by atoms with Crippen molar-refractivity contribution in [2.45, 2.75) is 38.7 Å². The van der Waals surface area contributed by atoms with Gasteiger partial charge >= 0.3 is 12.1 Å². The molecule has 0 saturated heterocycles. The van der Waals surface area contributed by atoms with Crippen LogP contribution in [0.15, 0.2) is 30.5 Å². The number of aromatic nitrogens is 1. The third kappa shape index (κ3) is 6.91. The number of halogens is 3. The van der Waals surface area contributed by atoms with Gasteiger partial charge in [-0.1, -0.05) is 12.1 Å². The number of benzene rings is 1. The van der Waals surface area contributed by atoms with Gasteiger partial charge in [0.15, 0.2) is 0 Å². The zero-order chi connectivity index (χ0) is 21.5. The van der Waals surface area contributed by atoms with Crippen molar-refractivity contribution in [3.05, 3.63) is 36.0 Å². The molecule has 2 rings (SSSR count). The van der Waals surface area contributed by atoms with E-state index in [-0.39, 0.29) is 11.8 Å². The summed E-state index contributed by atoms with van der Waals surface area (Å²) in [7, 11) is 0. The molecule has 0 saturated carbocycles. The first kappa shape index (κ1) is 23.0. The molecule has 2 unspecified atom stereocenters. The van der Waals surface area contributed by atoms with Crippen LogP contribution in [0.5, 0.6) is 0 Å². The summed E-state index contributed by atoms with van der Waals surface area (Å²) in [4.78, 5) is 35.4. The minimum Gasteiger partial charge on any atom is -0.475 e. The van der Waals surface area contributed by atoms with Crippen LogP contribution < -0.4 is 16.4 Å². The summed E-state index contributed by atoms with van der Waals surface area (Å²) < 4.78 is 31.7. The van der Waals surface area contributed by atoms with Gasteiger partial charge in [-0.05, 0) is 31.5 Å². The van der Waals surface area contributed by atoms with E-state index in [1.165, 1.54) is 0 Å². The van der Waals surface area contributed by atoms with E-state index in [9.17, 15) is 22.8 Å². The fourth-order valence-corrected chi connectivity index (χ4v) is 2.05. The highest BCUT2D eigenvalue weighted by Gasteiger charge is 2.38. The number of aliphatic carboxylic acids is 1. The van der Waals surface area contributed by atoms with Gasteiger partial charge in [0.1, 0.15) is 6.04 Å². The Morgan fingerprint density at radius 1 is 1.18 bits per heavy atom. The Morgan fingerprint density at radius 2 is 1.79 bits per heavy atom. The van der Waals surface area contributed by atoms with Crippen LogP contribution >= 0.6 is 0 Å².